The van der Waals surface area contributed by atoms with E-state index in [0.717, 1.165) is 21.5 Å². The zero-order valence-corrected chi connectivity index (χ0v) is 22.8. The standard InChI is InChI=1S/C24H26N8OS.C2HF3O2/c1-24(2,26)11-16(12-25)13-27-9-10-32-19-6-4-3-5-18(19)30-23(32)31-22(33)21-8-7-20(34-21)17-14-28-29-15-17;3-2(4,5)1(6)7/h3-8,11,14-15,27H,9-10,13,26H2,1-2H3,(H,28,29)(H,30,31,33);(H,6,7). The third-order valence-electron chi connectivity index (χ3n) is 5.25. The largest absolute Gasteiger partial charge is 0.490 e. The molecule has 1 aromatic carbocycles. The first-order valence-electron chi connectivity index (χ1n) is 12.1. The molecule has 4 rings (SSSR count). The maximum absolute atomic E-state index is 13.0. The summed E-state index contributed by atoms with van der Waals surface area (Å²) in [4.78, 5) is 28.0. The normalized spacial score (nSPS) is 12.0. The van der Waals surface area contributed by atoms with Crippen LogP contribution in [0.25, 0.3) is 21.5 Å². The number of carboxylic acids is 1. The summed E-state index contributed by atoms with van der Waals surface area (Å²) in [5.41, 5.74) is 8.67. The van der Waals surface area contributed by atoms with Crippen molar-refractivity contribution in [1.29, 1.82) is 5.26 Å². The highest BCUT2D eigenvalue weighted by Crippen LogP contribution is 2.28. The van der Waals surface area contributed by atoms with Crippen molar-refractivity contribution < 1.29 is 27.9 Å². The van der Waals surface area contributed by atoms with Crippen LogP contribution in [0, 0.1) is 11.3 Å². The smallest absolute Gasteiger partial charge is 0.475 e. The first-order valence-corrected chi connectivity index (χ1v) is 12.9. The van der Waals surface area contributed by atoms with Crippen molar-refractivity contribution in [1.82, 2.24) is 25.1 Å². The molecule has 4 aromatic rings. The summed E-state index contributed by atoms with van der Waals surface area (Å²) in [5.74, 6) is -2.50. The Balaban J connectivity index is 0.000000587. The summed E-state index contributed by atoms with van der Waals surface area (Å²) < 4.78 is 33.7. The molecule has 0 spiro atoms. The zero-order chi connectivity index (χ0) is 30.2. The Kier molecular flexibility index (Phi) is 10.0. The number of thiophene rings is 1. The van der Waals surface area contributed by atoms with Crippen LogP contribution in [0.5, 0.6) is 0 Å². The second-order valence-electron chi connectivity index (χ2n) is 9.26. The fourth-order valence-electron chi connectivity index (χ4n) is 3.55. The van der Waals surface area contributed by atoms with E-state index in [0.29, 0.717) is 36.0 Å². The first-order chi connectivity index (χ1) is 19.3. The lowest BCUT2D eigenvalue weighted by molar-refractivity contribution is -0.192. The number of halogens is 3. The highest BCUT2D eigenvalue weighted by atomic mass is 32.1. The number of carbonyl (C=O) groups excluding carboxylic acids is 1. The number of aromatic nitrogens is 4. The average Bonchev–Trinajstić information content (AvgIpc) is 3.65. The van der Waals surface area contributed by atoms with Gasteiger partial charge in [-0.1, -0.05) is 18.2 Å². The van der Waals surface area contributed by atoms with E-state index >= 15 is 0 Å². The van der Waals surface area contributed by atoms with E-state index in [-0.39, 0.29) is 5.91 Å². The number of nitrogens with two attached hydrogens (primary N) is 1. The number of hydrogen-bond donors (Lipinski definition) is 5. The van der Waals surface area contributed by atoms with Crippen LogP contribution >= 0.6 is 11.3 Å². The number of nitrogens with zero attached hydrogens (tertiary/aromatic N) is 4. The number of carbonyl (C=O) groups is 2. The number of alkyl halides is 3. The minimum Gasteiger partial charge on any atom is -0.475 e. The topological polar surface area (TPSA) is 175 Å². The van der Waals surface area contributed by atoms with E-state index in [4.69, 9.17) is 15.6 Å². The molecule has 3 heterocycles. The van der Waals surface area contributed by atoms with Crippen LogP contribution in [0.2, 0.25) is 0 Å². The zero-order valence-electron chi connectivity index (χ0n) is 22.0. The van der Waals surface area contributed by atoms with Gasteiger partial charge in [-0.2, -0.15) is 23.5 Å². The number of aromatic amines is 1. The Bertz CT molecular complexity index is 1560. The average molecular weight is 589 g/mol. The van der Waals surface area contributed by atoms with E-state index in [1.54, 1.807) is 24.5 Å². The van der Waals surface area contributed by atoms with Gasteiger partial charge in [-0.25, -0.2) is 9.78 Å². The summed E-state index contributed by atoms with van der Waals surface area (Å²) in [6, 6.07) is 13.6. The maximum atomic E-state index is 13.0. The molecule has 0 aliphatic rings. The molecule has 216 valence electrons. The lowest BCUT2D eigenvalue weighted by Gasteiger charge is -2.14. The summed E-state index contributed by atoms with van der Waals surface area (Å²) in [5, 5.41) is 29.5. The Hall–Kier alpha value is -4.52. The van der Waals surface area contributed by atoms with Gasteiger partial charge in [0, 0.05) is 47.4 Å². The number of anilines is 1. The fraction of sp³-hybridized carbons (Fsp3) is 0.269. The minimum atomic E-state index is -5.08. The molecule has 0 fully saturated rings. The van der Waals surface area contributed by atoms with Crippen LogP contribution in [0.1, 0.15) is 23.5 Å². The maximum Gasteiger partial charge on any atom is 0.490 e. The van der Waals surface area contributed by atoms with Gasteiger partial charge < -0.3 is 20.7 Å². The molecule has 0 atom stereocenters. The number of aliphatic carboxylic acids is 1. The highest BCUT2D eigenvalue weighted by Gasteiger charge is 2.38. The van der Waals surface area contributed by atoms with E-state index in [9.17, 15) is 23.2 Å². The predicted octanol–water partition coefficient (Wildman–Crippen LogP) is 4.15. The summed E-state index contributed by atoms with van der Waals surface area (Å²) in [7, 11) is 0. The molecule has 0 aliphatic heterocycles. The van der Waals surface area contributed by atoms with Gasteiger partial charge in [0.2, 0.25) is 5.95 Å². The SMILES string of the molecule is CC(C)(N)C=C(C#N)CNCCn1c(NC(=O)c2ccc(-c3cn[nH]c3)s2)nc2ccccc21.O=C(O)C(F)(F)F. The molecule has 11 nitrogen and oxygen atoms in total. The number of H-pyrrole nitrogens is 1. The van der Waals surface area contributed by atoms with Crippen molar-refractivity contribution in [3.63, 3.8) is 0 Å². The Morgan fingerprint density at radius 3 is 2.56 bits per heavy atom. The van der Waals surface area contributed by atoms with Gasteiger partial charge >= 0.3 is 12.1 Å². The molecule has 41 heavy (non-hydrogen) atoms. The Labute approximate surface area is 236 Å². The number of para-hydroxylation sites is 2. The van der Waals surface area contributed by atoms with Gasteiger partial charge in [-0.15, -0.1) is 11.3 Å². The van der Waals surface area contributed by atoms with Crippen molar-refractivity contribution in [3.05, 3.63) is 65.3 Å². The summed E-state index contributed by atoms with van der Waals surface area (Å²) in [6.07, 6.45) is 0.194. The fourth-order valence-corrected chi connectivity index (χ4v) is 4.43. The summed E-state index contributed by atoms with van der Waals surface area (Å²) >= 11 is 1.39. The van der Waals surface area contributed by atoms with E-state index in [1.165, 1.54) is 11.3 Å². The quantitative estimate of drug-likeness (QED) is 0.143. The van der Waals surface area contributed by atoms with Gasteiger partial charge in [-0.3, -0.25) is 15.2 Å². The van der Waals surface area contributed by atoms with Gasteiger partial charge in [0.05, 0.1) is 28.2 Å². The third kappa shape index (κ3) is 9.00. The molecule has 3 aromatic heterocycles. The van der Waals surface area contributed by atoms with Gasteiger partial charge in [-0.05, 0) is 38.1 Å². The molecule has 15 heteroatoms. The first kappa shape index (κ1) is 31.0. The minimum absolute atomic E-state index is 0.218. The number of carboxylic acid groups (broad SMARTS) is 1. The molecule has 0 radical (unpaired) electrons. The van der Waals surface area contributed by atoms with Gasteiger partial charge in [0.25, 0.3) is 5.91 Å². The van der Waals surface area contributed by atoms with Crippen molar-refractivity contribution in [2.45, 2.75) is 32.1 Å². The van der Waals surface area contributed by atoms with Crippen LogP contribution < -0.4 is 16.4 Å². The van der Waals surface area contributed by atoms with Crippen molar-refractivity contribution in [3.8, 4) is 16.5 Å². The molecule has 0 unspecified atom stereocenters. The molecule has 0 saturated heterocycles. The van der Waals surface area contributed by atoms with Crippen LogP contribution in [-0.2, 0) is 11.3 Å². The highest BCUT2D eigenvalue weighted by molar-refractivity contribution is 7.17. The molecular weight excluding hydrogens is 561 g/mol. The third-order valence-corrected chi connectivity index (χ3v) is 6.39. The molecular formula is C26H27F3N8O3S. The van der Waals surface area contributed by atoms with E-state index in [2.05, 4.69) is 31.9 Å². The van der Waals surface area contributed by atoms with Gasteiger partial charge in [0.1, 0.15) is 0 Å². The number of benzene rings is 1. The number of amides is 1. The molecule has 0 aliphatic carbocycles. The Morgan fingerprint density at radius 1 is 1.24 bits per heavy atom. The van der Waals surface area contributed by atoms with Crippen molar-refractivity contribution >= 4 is 40.2 Å². The van der Waals surface area contributed by atoms with Crippen molar-refractivity contribution in [2.24, 2.45) is 5.73 Å². The van der Waals surface area contributed by atoms with Gasteiger partial charge in [0.15, 0.2) is 0 Å². The lowest BCUT2D eigenvalue weighted by atomic mass is 10.0. The predicted molar refractivity (Wildman–Crippen MR) is 148 cm³/mol. The second kappa shape index (κ2) is 13.2. The molecule has 0 bridgehead atoms. The van der Waals surface area contributed by atoms with Crippen molar-refractivity contribution in [2.75, 3.05) is 18.4 Å². The number of fused-ring (bicyclic) bond motifs is 1. The van der Waals surface area contributed by atoms with E-state index < -0.39 is 17.7 Å². The second-order valence-corrected chi connectivity index (χ2v) is 10.3. The molecule has 1 amide bonds. The number of imidazole rings is 1. The monoisotopic (exact) mass is 588 g/mol. The van der Waals surface area contributed by atoms with E-state index in [1.807, 2.05) is 48.7 Å². The number of hydrogen-bond acceptors (Lipinski definition) is 8. The Morgan fingerprint density at radius 2 is 1.95 bits per heavy atom. The number of nitrogens with one attached hydrogen (secondary N) is 3. The van der Waals surface area contributed by atoms with Crippen LogP contribution in [0.3, 0.4) is 0 Å². The van der Waals surface area contributed by atoms with Crippen LogP contribution in [0.15, 0.2) is 60.4 Å². The molecule has 6 N–H and O–H groups in total. The summed E-state index contributed by atoms with van der Waals surface area (Å²) in [6.45, 7) is 5.26. The number of nitriles is 1. The van der Waals surface area contributed by atoms with Crippen LogP contribution in [-0.4, -0.2) is 61.5 Å². The van der Waals surface area contributed by atoms with Crippen LogP contribution in [0.4, 0.5) is 19.1 Å². The molecule has 0 saturated carbocycles. The number of rotatable bonds is 9. The lowest BCUT2D eigenvalue weighted by Crippen LogP contribution is -2.31.